The molecular formula is C72H120N6O51. The number of carbonyl (C=O) groups excluding carboxylic acids is 6. The largest absolute Gasteiger partial charge is 0.394 e. The average Bonchev–Trinajstić information content (AvgIpc) is 0.762. The summed E-state index contributed by atoms with van der Waals surface area (Å²) in [5.74, 6) is -5.52. The number of hydrogen-bond acceptors (Lipinski definition) is 51. The lowest BCUT2D eigenvalue weighted by Gasteiger charge is -2.52. The molecule has 0 aromatic rings. The van der Waals surface area contributed by atoms with E-state index in [-0.39, 0.29) is 0 Å². The molecule has 50 atom stereocenters. The van der Waals surface area contributed by atoms with Crippen molar-refractivity contribution in [3.05, 3.63) is 0 Å². The van der Waals surface area contributed by atoms with E-state index in [0.29, 0.717) is 0 Å². The predicted molar refractivity (Wildman–Crippen MR) is 399 cm³/mol. The van der Waals surface area contributed by atoms with Gasteiger partial charge in [0.15, 0.2) is 62.9 Å². The van der Waals surface area contributed by atoms with E-state index in [1.54, 1.807) is 0 Å². The van der Waals surface area contributed by atoms with Gasteiger partial charge in [-0.05, 0) is 0 Å². The predicted octanol–water partition coefficient (Wildman–Crippen LogP) is -21.9. The van der Waals surface area contributed by atoms with E-state index >= 15 is 0 Å². The summed E-state index contributed by atoms with van der Waals surface area (Å²) in [5, 5.41) is 309. The molecule has 0 aromatic carbocycles. The molecule has 10 saturated heterocycles. The molecule has 0 aliphatic carbocycles. The van der Waals surface area contributed by atoms with Crippen molar-refractivity contribution in [2.24, 2.45) is 0 Å². The topological polar surface area (TPSA) is 876 Å². The van der Waals surface area contributed by atoms with Gasteiger partial charge in [0.1, 0.15) is 244 Å². The maximum atomic E-state index is 13.3. The van der Waals surface area contributed by atoms with Gasteiger partial charge in [0.25, 0.3) is 0 Å². The minimum absolute atomic E-state index is 0.820. The molecule has 0 saturated carbocycles. The molecule has 0 aromatic heterocycles. The van der Waals surface area contributed by atoms with Crippen LogP contribution in [0.2, 0.25) is 0 Å². The second-order valence-electron chi connectivity index (χ2n) is 32.5. The highest BCUT2D eigenvalue weighted by Crippen LogP contribution is 2.41. The number of hydrogen-bond donors (Lipinski definition) is 32. The molecule has 0 bridgehead atoms. The quantitative estimate of drug-likeness (QED) is 0.0284. The third-order valence-electron chi connectivity index (χ3n) is 23.3. The van der Waals surface area contributed by atoms with Gasteiger partial charge in [0.05, 0.1) is 66.1 Å². The van der Waals surface area contributed by atoms with Crippen LogP contribution in [-0.2, 0) is 119 Å². The van der Waals surface area contributed by atoms with Crippen LogP contribution in [0.5, 0.6) is 0 Å². The molecule has 129 heavy (non-hydrogen) atoms. The average molecular weight is 1890 g/mol. The van der Waals surface area contributed by atoms with Crippen LogP contribution in [0, 0.1) is 0 Å². The third-order valence-corrected chi connectivity index (χ3v) is 23.3. The van der Waals surface area contributed by atoms with Crippen molar-refractivity contribution in [1.29, 1.82) is 0 Å². The van der Waals surface area contributed by atoms with Gasteiger partial charge in [-0.15, -0.1) is 0 Å². The number of nitrogens with one attached hydrogen (secondary N) is 6. The number of amides is 6. The van der Waals surface area contributed by atoms with Gasteiger partial charge in [0.2, 0.25) is 35.4 Å². The zero-order valence-corrected chi connectivity index (χ0v) is 69.8. The van der Waals surface area contributed by atoms with Crippen LogP contribution in [0.25, 0.3) is 0 Å². The number of aliphatic hydroxyl groups is 26. The van der Waals surface area contributed by atoms with E-state index in [0.717, 1.165) is 41.5 Å². The minimum atomic E-state index is -2.73. The zero-order valence-electron chi connectivity index (χ0n) is 69.8. The minimum Gasteiger partial charge on any atom is -0.394 e. The number of aliphatic hydroxyl groups excluding tert-OH is 26. The Labute approximate surface area is 731 Å². The third kappa shape index (κ3) is 24.2. The van der Waals surface area contributed by atoms with Crippen molar-refractivity contribution >= 4 is 35.4 Å². The summed E-state index contributed by atoms with van der Waals surface area (Å²) >= 11 is 0. The second kappa shape index (κ2) is 46.7. The highest BCUT2D eigenvalue weighted by molar-refractivity contribution is 5.75. The fraction of sp³-hybridized carbons (Fsp3) is 0.917. The molecule has 0 spiro atoms. The van der Waals surface area contributed by atoms with E-state index in [2.05, 4.69) is 31.9 Å². The number of carbonyl (C=O) groups is 6. The maximum absolute atomic E-state index is 13.3. The van der Waals surface area contributed by atoms with Gasteiger partial charge < -0.3 is 255 Å². The lowest BCUT2D eigenvalue weighted by Crippen LogP contribution is -2.71. The van der Waals surface area contributed by atoms with E-state index < -0.39 is 408 Å². The second-order valence-corrected chi connectivity index (χ2v) is 32.5. The first kappa shape index (κ1) is 106. The van der Waals surface area contributed by atoms with Crippen molar-refractivity contribution in [3.63, 3.8) is 0 Å². The molecule has 10 heterocycles. The Bertz CT molecular complexity index is 3570. The van der Waals surface area contributed by atoms with E-state index in [1.165, 1.54) is 0 Å². The highest BCUT2D eigenvalue weighted by Gasteiger charge is 2.62. The summed E-state index contributed by atoms with van der Waals surface area (Å²) in [5.41, 5.74) is 0. The van der Waals surface area contributed by atoms with Crippen molar-refractivity contribution in [1.82, 2.24) is 31.9 Å². The van der Waals surface area contributed by atoms with Crippen molar-refractivity contribution in [2.75, 3.05) is 66.1 Å². The first-order valence-corrected chi connectivity index (χ1v) is 41.1. The Hall–Kier alpha value is -4.98. The van der Waals surface area contributed by atoms with Gasteiger partial charge >= 0.3 is 0 Å². The van der Waals surface area contributed by atoms with Crippen LogP contribution in [-0.4, -0.2) is 541 Å². The van der Waals surface area contributed by atoms with E-state index in [4.69, 9.17) is 90.0 Å². The molecule has 57 heteroatoms. The van der Waals surface area contributed by atoms with Crippen LogP contribution in [0.1, 0.15) is 41.5 Å². The normalized spacial score (nSPS) is 47.5. The summed E-state index contributed by atoms with van der Waals surface area (Å²) in [6.45, 7) is -5.69. The first-order chi connectivity index (χ1) is 61.0. The fourth-order valence-electron chi connectivity index (χ4n) is 16.6. The summed E-state index contributed by atoms with van der Waals surface area (Å²) in [6.07, 6.45) is -94.8. The Morgan fingerprint density at radius 2 is 0.442 bits per heavy atom. The van der Waals surface area contributed by atoms with Crippen LogP contribution in [0.3, 0.4) is 0 Å². The molecule has 10 fully saturated rings. The smallest absolute Gasteiger partial charge is 0.217 e. The van der Waals surface area contributed by atoms with E-state index in [1.807, 2.05) is 0 Å². The Morgan fingerprint density at radius 3 is 0.829 bits per heavy atom. The van der Waals surface area contributed by atoms with Crippen molar-refractivity contribution < 1.29 is 252 Å². The van der Waals surface area contributed by atoms with Gasteiger partial charge in [-0.1, -0.05) is 0 Å². The Morgan fingerprint density at radius 1 is 0.202 bits per heavy atom. The standard InChI is InChI=1S/C72H120N6O51/c1-17(87)73-33-48(102)56(27(11-83)113-63(33)110)123-67-37(77-21(5)91)49(103)58(29(13-85)118-67)126-70-55(109)60(44(98)32(121-70)16-112-71-61(128-66-36(76-20(4)90)47(101)41(95)25(9-81)116-66)52(106)43(97)31(122-71)15-111-64-34(74-18(2)88)45(99)39(93)23(7-79)114-64)127-72-62(54(108)59(30(14-86)120-72)124-65-35(75-19(3)89)46(100)40(94)24(8-80)115-65)129-68-38(78-22(6)92)50(104)57(28(12-84)119-68)125-69-53(107)51(105)42(96)26(10-82)117-69/h23-72,79-86,93-110H,7-16H2,1-6H3,(H,73,87)(H,74,88)(H,75,89)(H,76,90)(H,77,91)(H,78,92)/t23-,24-,25-,26-,27-,28-,29-,30-,31-,32-,33-,34-,35-,36-,37-,38+,39-,40-,41-,42+,43-,44-,45-,46-,47-,48-,49-,50-,51+,52+,53-,54+,55+,56-,57-,58-,59-,60+,61+,62+,63-,64-,65+,66+,67+,68+,69+,70+,71+,72-/m1/s1. The van der Waals surface area contributed by atoms with Crippen LogP contribution in [0.4, 0.5) is 0 Å². The molecule has 6 amide bonds. The number of ether oxygens (including phenoxy) is 19. The molecular weight excluding hydrogens is 1760 g/mol. The summed E-state index contributed by atoms with van der Waals surface area (Å²) in [7, 11) is 0. The summed E-state index contributed by atoms with van der Waals surface area (Å²) < 4.78 is 115. The maximum Gasteiger partial charge on any atom is 0.217 e. The fourth-order valence-corrected chi connectivity index (χ4v) is 16.6. The molecule has 57 nitrogen and oxygen atoms in total. The van der Waals surface area contributed by atoms with E-state index in [9.17, 15) is 162 Å². The molecule has 10 aliphatic rings. The van der Waals surface area contributed by atoms with Crippen molar-refractivity contribution in [3.8, 4) is 0 Å². The van der Waals surface area contributed by atoms with Crippen LogP contribution < -0.4 is 31.9 Å². The SMILES string of the molecule is CC(=O)N[C@@H]1[C@H](O[C@@H]2[C@@H](O[C@@H]3[C@H](O)[C@H](O[C@H]4[C@H](O)[C@@H](NC(C)=O)[C@H](O[C@H]5[C@H](O)[C@@H](NC(C)=O)[C@H](O)O[C@@H]5CO)O[C@@H]4CO)O[C@H](CO[C@H]4O[C@H](CO[C@@H]5O[C@H](CO)[C@@H](O)[C@H](O)[C@H]5NC(C)=O)[C@@H](O)[C@H](O)[C@@H]4O[C@@H]4O[C@H](CO)[C@@H](O)[C@H](O)[C@H]4NC(C)=O)[C@H]3O)O[C@H](CO)[C@@H](O[C@@H]3O[C@H](CO)[C@@H](O)[C@H](O)[C@H]3NC(C)=O)[C@@H]2O)O[C@H](CO)[C@@H](O[C@@H]2O[C@H](CO)[C@H](O)[C@H](O)[C@H]2O)[C@@H]1O. The highest BCUT2D eigenvalue weighted by atomic mass is 16.8. The Balaban J connectivity index is 1.07. The lowest BCUT2D eigenvalue weighted by molar-refractivity contribution is -0.405. The molecule has 32 N–H and O–H groups in total. The summed E-state index contributed by atoms with van der Waals surface area (Å²) in [4.78, 5) is 76.8. The molecule has 10 rings (SSSR count). The molecule has 744 valence electrons. The molecule has 0 radical (unpaired) electrons. The zero-order chi connectivity index (χ0) is 95.1. The van der Waals surface area contributed by atoms with Crippen LogP contribution >= 0.6 is 0 Å². The van der Waals surface area contributed by atoms with Crippen LogP contribution in [0.15, 0.2) is 0 Å². The summed E-state index contributed by atoms with van der Waals surface area (Å²) in [6, 6.07) is -11.2. The van der Waals surface area contributed by atoms with Gasteiger partial charge in [-0.2, -0.15) is 0 Å². The monoisotopic (exact) mass is 1880 g/mol. The first-order valence-electron chi connectivity index (χ1n) is 41.1. The van der Waals surface area contributed by atoms with Crippen molar-refractivity contribution in [2.45, 2.75) is 348 Å². The Kier molecular flexibility index (Phi) is 38.4. The molecule has 0 unspecified atom stereocenters. The van der Waals surface area contributed by atoms with Gasteiger partial charge in [0, 0.05) is 41.5 Å². The lowest BCUT2D eigenvalue weighted by atomic mass is 9.93. The number of rotatable bonds is 34. The molecule has 10 aliphatic heterocycles. The van der Waals surface area contributed by atoms with Gasteiger partial charge in [-0.3, -0.25) is 28.8 Å². The van der Waals surface area contributed by atoms with Gasteiger partial charge in [-0.25, -0.2) is 0 Å².